The van der Waals surface area contributed by atoms with E-state index in [9.17, 15) is 0 Å². The van der Waals surface area contributed by atoms with Gasteiger partial charge in [-0.05, 0) is 0 Å². The van der Waals surface area contributed by atoms with Gasteiger partial charge in [-0.1, -0.05) is 0 Å². The molecule has 0 fully saturated rings. The number of rotatable bonds is 0. The molecule has 0 radical (unpaired) electrons. The van der Waals surface area contributed by atoms with E-state index in [-0.39, 0.29) is 105 Å². The average molecular weight is 345 g/mol. The standard InChI is InChI=1S/5Fe.Zn/q6*+2. The van der Waals surface area contributed by atoms with E-state index in [4.69, 9.17) is 0 Å². The Labute approximate surface area is 103 Å². The van der Waals surface area contributed by atoms with Gasteiger partial charge in [0.15, 0.2) is 0 Å². The first-order chi connectivity index (χ1) is 0. The molecular weight excluding hydrogens is 345 g/mol. The third-order valence-electron chi connectivity index (χ3n) is 0. The van der Waals surface area contributed by atoms with Gasteiger partial charge in [0, 0.05) is 0 Å². The molecule has 0 rings (SSSR count). The molecule has 0 aromatic carbocycles. The van der Waals surface area contributed by atoms with Crippen LogP contribution in [-0.2, 0) is 105 Å². The van der Waals surface area contributed by atoms with Crippen LogP contribution in [0, 0.1) is 0 Å². The first kappa shape index (κ1) is 60.1. The SMILES string of the molecule is [Fe+2].[Fe+2].[Fe+2].[Fe+2].[Fe+2].[Zn+2]. The molecule has 0 spiro atoms. The molecule has 30 valence electrons. The smallest absolute Gasteiger partial charge is 2.00 e. The Kier molecular flexibility index (Phi) is 414. The molecule has 0 nitrogen and oxygen atoms in total. The van der Waals surface area contributed by atoms with E-state index < -0.39 is 0 Å². The van der Waals surface area contributed by atoms with E-state index >= 15 is 0 Å². The van der Waals surface area contributed by atoms with E-state index in [1.807, 2.05) is 0 Å². The fraction of sp³-hybridized carbons (Fsp3) is 0. The van der Waals surface area contributed by atoms with Crippen LogP contribution in [0.25, 0.3) is 0 Å². The van der Waals surface area contributed by atoms with Crippen molar-refractivity contribution in [2.45, 2.75) is 0 Å². The summed E-state index contributed by atoms with van der Waals surface area (Å²) in [5, 5.41) is 0. The normalized spacial score (nSPS) is 0. The van der Waals surface area contributed by atoms with Crippen molar-refractivity contribution < 1.29 is 105 Å². The predicted octanol–water partition coefficient (Wildman–Crippen LogP) is -0.0150. The topological polar surface area (TPSA) is 0 Å². The maximum absolute atomic E-state index is 0. The second kappa shape index (κ2) is 41.3. The van der Waals surface area contributed by atoms with E-state index in [0.29, 0.717) is 0 Å². The molecule has 0 aliphatic rings. The second-order valence-corrected chi connectivity index (χ2v) is 0. The van der Waals surface area contributed by atoms with Crippen molar-refractivity contribution in [1.29, 1.82) is 0 Å². The Morgan fingerprint density at radius 3 is 0.333 bits per heavy atom. The minimum Gasteiger partial charge on any atom is 2.00 e. The van der Waals surface area contributed by atoms with Gasteiger partial charge in [-0.3, -0.25) is 0 Å². The third kappa shape index (κ3) is 26.9. The molecule has 0 amide bonds. The van der Waals surface area contributed by atoms with Crippen LogP contribution in [0.4, 0.5) is 0 Å². The molecule has 6 heteroatoms. The van der Waals surface area contributed by atoms with Crippen LogP contribution in [0.5, 0.6) is 0 Å². The van der Waals surface area contributed by atoms with Crippen LogP contribution in [-0.4, -0.2) is 0 Å². The first-order valence-corrected chi connectivity index (χ1v) is 0. The number of hydrogen-bond donors (Lipinski definition) is 0. The Balaban J connectivity index is 0. The maximum Gasteiger partial charge on any atom is 2.00 e. The zero-order valence-electron chi connectivity index (χ0n) is 2.47. The maximum atomic E-state index is 0. The quantitative estimate of drug-likeness (QED) is 0.542. The van der Waals surface area contributed by atoms with Crippen molar-refractivity contribution >= 4 is 0 Å². The second-order valence-electron chi connectivity index (χ2n) is 0. The minimum atomic E-state index is 0. The molecule has 0 aromatic heterocycles. The van der Waals surface area contributed by atoms with E-state index in [0.717, 1.165) is 0 Å². The Hall–Kier alpha value is 3.22. The molecule has 0 saturated heterocycles. The summed E-state index contributed by atoms with van der Waals surface area (Å²) >= 11 is 0. The van der Waals surface area contributed by atoms with Crippen LogP contribution in [0.3, 0.4) is 0 Å². The van der Waals surface area contributed by atoms with Crippen molar-refractivity contribution in [2.75, 3.05) is 0 Å². The zero-order chi connectivity index (χ0) is 0. The summed E-state index contributed by atoms with van der Waals surface area (Å²) in [5.41, 5.74) is 0. The monoisotopic (exact) mass is 344 g/mol. The molecule has 6 heavy (non-hydrogen) atoms. The molecule has 0 unspecified atom stereocenters. The van der Waals surface area contributed by atoms with E-state index in [1.165, 1.54) is 0 Å². The van der Waals surface area contributed by atoms with Gasteiger partial charge in [-0.15, -0.1) is 0 Å². The van der Waals surface area contributed by atoms with E-state index in [1.54, 1.807) is 0 Å². The molecule has 0 aromatic rings. The minimum absolute atomic E-state index is 0. The van der Waals surface area contributed by atoms with Gasteiger partial charge < -0.3 is 0 Å². The third-order valence-corrected chi connectivity index (χ3v) is 0. The van der Waals surface area contributed by atoms with E-state index in [2.05, 4.69) is 0 Å². The fourth-order valence-electron chi connectivity index (χ4n) is 0. The Bertz CT molecular complexity index is 3.90. The van der Waals surface area contributed by atoms with Crippen molar-refractivity contribution in [3.8, 4) is 0 Å². The summed E-state index contributed by atoms with van der Waals surface area (Å²) in [6, 6.07) is 0. The van der Waals surface area contributed by atoms with Gasteiger partial charge >= 0.3 is 105 Å². The summed E-state index contributed by atoms with van der Waals surface area (Å²) in [6.07, 6.45) is 0. The summed E-state index contributed by atoms with van der Waals surface area (Å²) in [6.45, 7) is 0. The number of hydrogen-bond acceptors (Lipinski definition) is 0. The van der Waals surface area contributed by atoms with Crippen molar-refractivity contribution in [1.82, 2.24) is 0 Å². The van der Waals surface area contributed by atoms with Gasteiger partial charge in [0.25, 0.3) is 0 Å². The van der Waals surface area contributed by atoms with Crippen molar-refractivity contribution in [2.24, 2.45) is 0 Å². The molecule has 0 aliphatic carbocycles. The first-order valence-electron chi connectivity index (χ1n) is 0. The van der Waals surface area contributed by atoms with Crippen molar-refractivity contribution in [3.63, 3.8) is 0 Å². The Morgan fingerprint density at radius 2 is 0.333 bits per heavy atom. The van der Waals surface area contributed by atoms with Crippen LogP contribution in [0.2, 0.25) is 0 Å². The fourth-order valence-corrected chi connectivity index (χ4v) is 0. The van der Waals surface area contributed by atoms with Crippen molar-refractivity contribution in [3.05, 3.63) is 0 Å². The summed E-state index contributed by atoms with van der Waals surface area (Å²) < 4.78 is 0. The molecule has 0 bridgehead atoms. The summed E-state index contributed by atoms with van der Waals surface area (Å²) in [5.74, 6) is 0. The summed E-state index contributed by atoms with van der Waals surface area (Å²) in [7, 11) is 0. The molecule has 0 saturated carbocycles. The van der Waals surface area contributed by atoms with Gasteiger partial charge in [0.1, 0.15) is 0 Å². The Morgan fingerprint density at radius 1 is 0.333 bits per heavy atom. The molecular formula is Fe5Zn+12. The molecule has 0 atom stereocenters. The largest absolute Gasteiger partial charge is 2.00 e. The van der Waals surface area contributed by atoms with Crippen LogP contribution < -0.4 is 0 Å². The van der Waals surface area contributed by atoms with Gasteiger partial charge in [0.05, 0.1) is 0 Å². The zero-order valence-corrected chi connectivity index (χ0v) is 11.0. The van der Waals surface area contributed by atoms with Gasteiger partial charge in [-0.2, -0.15) is 0 Å². The molecule has 0 N–H and O–H groups in total. The van der Waals surface area contributed by atoms with Crippen LogP contribution >= 0.6 is 0 Å². The summed E-state index contributed by atoms with van der Waals surface area (Å²) in [4.78, 5) is 0. The molecule has 0 aliphatic heterocycles. The molecule has 0 heterocycles. The van der Waals surface area contributed by atoms with Gasteiger partial charge in [-0.25, -0.2) is 0 Å². The average Bonchev–Trinajstić information content (AvgIpc) is 0. The predicted molar refractivity (Wildman–Crippen MR) is 0 cm³/mol. The van der Waals surface area contributed by atoms with Crippen LogP contribution in [0.15, 0.2) is 0 Å². The van der Waals surface area contributed by atoms with Crippen LogP contribution in [0.1, 0.15) is 0 Å². The van der Waals surface area contributed by atoms with Gasteiger partial charge in [0.2, 0.25) is 0 Å².